The van der Waals surface area contributed by atoms with Gasteiger partial charge in [-0.2, -0.15) is 0 Å². The molecule has 8 heteroatoms. The molecule has 0 aliphatic carbocycles. The maximum Gasteiger partial charge on any atom is 0.241 e. The second kappa shape index (κ2) is 6.90. The summed E-state index contributed by atoms with van der Waals surface area (Å²) >= 11 is 8.92. The Hall–Kier alpha value is -0.340. The van der Waals surface area contributed by atoms with E-state index in [0.29, 0.717) is 6.42 Å². The van der Waals surface area contributed by atoms with E-state index in [0.717, 1.165) is 6.42 Å². The van der Waals surface area contributed by atoms with E-state index in [1.54, 1.807) is 0 Å². The first-order chi connectivity index (χ1) is 8.77. The lowest BCUT2D eigenvalue weighted by Gasteiger charge is -2.13. The Morgan fingerprint density at radius 3 is 2.74 bits per heavy atom. The van der Waals surface area contributed by atoms with E-state index in [1.807, 2.05) is 6.92 Å². The zero-order valence-corrected chi connectivity index (χ0v) is 13.5. The lowest BCUT2D eigenvalue weighted by atomic mass is 10.2. The molecule has 0 aromatic heterocycles. The fourth-order valence-electron chi connectivity index (χ4n) is 1.50. The van der Waals surface area contributed by atoms with Gasteiger partial charge in [0.25, 0.3) is 0 Å². The minimum atomic E-state index is -3.77. The maximum atomic E-state index is 12.1. The Bertz CT molecular complexity index is 551. The molecule has 19 heavy (non-hydrogen) atoms. The summed E-state index contributed by atoms with van der Waals surface area (Å²) in [7, 11) is -3.77. The summed E-state index contributed by atoms with van der Waals surface area (Å²) in [6.07, 6.45) is 0.591. The van der Waals surface area contributed by atoms with Gasteiger partial charge < -0.3 is 10.8 Å². The molecule has 0 saturated carbocycles. The van der Waals surface area contributed by atoms with Crippen molar-refractivity contribution in [1.29, 1.82) is 0 Å². The molecule has 1 aromatic carbocycles. The number of halogens is 2. The number of sulfonamides is 1. The summed E-state index contributed by atoms with van der Waals surface area (Å²) in [5.74, 6) is 0. The Kier molecular flexibility index (Phi) is 6.07. The fraction of sp³-hybridized carbons (Fsp3) is 0.455. The summed E-state index contributed by atoms with van der Waals surface area (Å²) in [4.78, 5) is -0.0406. The Morgan fingerprint density at radius 1 is 1.53 bits per heavy atom. The Balaban J connectivity index is 2.95. The van der Waals surface area contributed by atoms with Gasteiger partial charge in [0.1, 0.15) is 0 Å². The molecule has 0 bridgehead atoms. The molecule has 1 unspecified atom stereocenters. The van der Waals surface area contributed by atoms with Crippen LogP contribution in [-0.4, -0.2) is 26.2 Å². The summed E-state index contributed by atoms with van der Waals surface area (Å²) in [6.45, 7) is 1.86. The van der Waals surface area contributed by atoms with Crippen LogP contribution >= 0.6 is 27.5 Å². The summed E-state index contributed by atoms with van der Waals surface area (Å²) in [5, 5.41) is 9.78. The Morgan fingerprint density at radius 2 is 2.16 bits per heavy atom. The van der Waals surface area contributed by atoms with Crippen LogP contribution in [0.25, 0.3) is 0 Å². The van der Waals surface area contributed by atoms with Crippen molar-refractivity contribution in [3.63, 3.8) is 0 Å². The molecular weight excluding hydrogens is 356 g/mol. The number of nitrogens with one attached hydrogen (secondary N) is 1. The van der Waals surface area contributed by atoms with Crippen molar-refractivity contribution in [2.24, 2.45) is 0 Å². The largest absolute Gasteiger partial charge is 0.398 e. The molecular formula is C11H16BrClN2O3S. The van der Waals surface area contributed by atoms with E-state index in [4.69, 9.17) is 17.3 Å². The number of aliphatic hydroxyl groups is 1. The normalized spacial score (nSPS) is 13.5. The predicted molar refractivity (Wildman–Crippen MR) is 79.7 cm³/mol. The van der Waals surface area contributed by atoms with Gasteiger partial charge in [-0.05, 0) is 34.5 Å². The average Bonchev–Trinajstić information content (AvgIpc) is 2.31. The minimum Gasteiger partial charge on any atom is -0.398 e. The SMILES string of the molecule is CCCC(O)CNS(=O)(=O)c1cc(Cl)cc(N)c1Br. The van der Waals surface area contributed by atoms with Crippen LogP contribution in [0.1, 0.15) is 19.8 Å². The topological polar surface area (TPSA) is 92.4 Å². The fourth-order valence-corrected chi connectivity index (χ4v) is 3.86. The molecule has 0 radical (unpaired) electrons. The van der Waals surface area contributed by atoms with Crippen LogP contribution in [0.15, 0.2) is 21.5 Å². The quantitative estimate of drug-likeness (QED) is 0.668. The number of hydrogen-bond donors (Lipinski definition) is 3. The van der Waals surface area contributed by atoms with Gasteiger partial charge in [0.15, 0.2) is 0 Å². The molecule has 0 saturated heterocycles. The monoisotopic (exact) mass is 370 g/mol. The zero-order chi connectivity index (χ0) is 14.6. The zero-order valence-electron chi connectivity index (χ0n) is 10.4. The molecule has 0 amide bonds. The second-order valence-electron chi connectivity index (χ2n) is 4.10. The van der Waals surface area contributed by atoms with Crippen LogP contribution in [-0.2, 0) is 10.0 Å². The van der Waals surface area contributed by atoms with Crippen molar-refractivity contribution in [1.82, 2.24) is 4.72 Å². The third-order valence-electron chi connectivity index (χ3n) is 2.45. The van der Waals surface area contributed by atoms with Crippen LogP contribution in [0.5, 0.6) is 0 Å². The molecule has 0 aliphatic heterocycles. The summed E-state index contributed by atoms with van der Waals surface area (Å²) in [6, 6.07) is 2.76. The summed E-state index contributed by atoms with van der Waals surface area (Å²) in [5.41, 5.74) is 5.89. The van der Waals surface area contributed by atoms with Crippen LogP contribution in [0.3, 0.4) is 0 Å². The van der Waals surface area contributed by atoms with Crippen LogP contribution in [0.2, 0.25) is 5.02 Å². The third kappa shape index (κ3) is 4.61. The van der Waals surface area contributed by atoms with E-state index >= 15 is 0 Å². The number of aliphatic hydroxyl groups excluding tert-OH is 1. The van der Waals surface area contributed by atoms with Crippen LogP contribution in [0, 0.1) is 0 Å². The highest BCUT2D eigenvalue weighted by Crippen LogP contribution is 2.31. The van der Waals surface area contributed by atoms with Crippen molar-refractivity contribution in [3.8, 4) is 0 Å². The highest BCUT2D eigenvalue weighted by Gasteiger charge is 2.20. The molecule has 0 spiro atoms. The van der Waals surface area contributed by atoms with Crippen molar-refractivity contribution in [2.45, 2.75) is 30.8 Å². The first-order valence-electron chi connectivity index (χ1n) is 5.70. The second-order valence-corrected chi connectivity index (χ2v) is 7.07. The van der Waals surface area contributed by atoms with Gasteiger partial charge in [-0.3, -0.25) is 0 Å². The van der Waals surface area contributed by atoms with Gasteiger partial charge in [0.05, 0.1) is 15.5 Å². The number of hydrogen-bond acceptors (Lipinski definition) is 4. The molecule has 1 atom stereocenters. The first kappa shape index (κ1) is 16.7. The number of anilines is 1. The highest BCUT2D eigenvalue weighted by molar-refractivity contribution is 9.10. The number of rotatable bonds is 6. The number of nitrogens with two attached hydrogens (primary N) is 1. The predicted octanol–water partition coefficient (Wildman–Crippen LogP) is 2.12. The van der Waals surface area contributed by atoms with E-state index in [1.165, 1.54) is 12.1 Å². The molecule has 0 aliphatic rings. The van der Waals surface area contributed by atoms with E-state index in [2.05, 4.69) is 20.7 Å². The highest BCUT2D eigenvalue weighted by atomic mass is 79.9. The van der Waals surface area contributed by atoms with Gasteiger partial charge in [-0.1, -0.05) is 24.9 Å². The van der Waals surface area contributed by atoms with Gasteiger partial charge in [0, 0.05) is 17.3 Å². The summed E-state index contributed by atoms with van der Waals surface area (Å²) < 4.78 is 26.8. The maximum absolute atomic E-state index is 12.1. The van der Waals surface area contributed by atoms with Crippen molar-refractivity contribution in [3.05, 3.63) is 21.6 Å². The third-order valence-corrected chi connectivity index (χ3v) is 5.27. The minimum absolute atomic E-state index is 0.0406. The van der Waals surface area contributed by atoms with Crippen LogP contribution in [0.4, 0.5) is 5.69 Å². The number of benzene rings is 1. The Labute approximate surface area is 126 Å². The van der Waals surface area contributed by atoms with Crippen molar-refractivity contribution in [2.75, 3.05) is 12.3 Å². The lowest BCUT2D eigenvalue weighted by Crippen LogP contribution is -2.32. The molecule has 1 rings (SSSR count). The van der Waals surface area contributed by atoms with Crippen molar-refractivity contribution < 1.29 is 13.5 Å². The molecule has 108 valence electrons. The molecule has 5 nitrogen and oxygen atoms in total. The van der Waals surface area contributed by atoms with Crippen molar-refractivity contribution >= 4 is 43.2 Å². The number of nitrogen functional groups attached to an aromatic ring is 1. The molecule has 1 aromatic rings. The molecule has 4 N–H and O–H groups in total. The first-order valence-corrected chi connectivity index (χ1v) is 8.35. The van der Waals surface area contributed by atoms with Gasteiger partial charge in [-0.15, -0.1) is 0 Å². The smallest absolute Gasteiger partial charge is 0.241 e. The van der Waals surface area contributed by atoms with Gasteiger partial charge in [-0.25, -0.2) is 13.1 Å². The van der Waals surface area contributed by atoms with Crippen LogP contribution < -0.4 is 10.5 Å². The molecule has 0 fully saturated rings. The van der Waals surface area contributed by atoms with Gasteiger partial charge in [0.2, 0.25) is 10.0 Å². The van der Waals surface area contributed by atoms with Gasteiger partial charge >= 0.3 is 0 Å². The lowest BCUT2D eigenvalue weighted by molar-refractivity contribution is 0.167. The standard InChI is InChI=1S/C11H16BrClN2O3S/c1-2-3-8(16)6-15-19(17,18)10-5-7(13)4-9(14)11(10)12/h4-5,8,15-16H,2-3,6,14H2,1H3. The average molecular weight is 372 g/mol. The molecule has 0 heterocycles. The van der Waals surface area contributed by atoms with E-state index in [-0.39, 0.29) is 26.6 Å². The van der Waals surface area contributed by atoms with E-state index < -0.39 is 16.1 Å². The van der Waals surface area contributed by atoms with E-state index in [9.17, 15) is 13.5 Å².